The maximum absolute atomic E-state index is 12.7. The van der Waals surface area contributed by atoms with Crippen LogP contribution in [0.25, 0.3) is 0 Å². The van der Waals surface area contributed by atoms with Crippen molar-refractivity contribution in [3.8, 4) is 23.0 Å². The van der Waals surface area contributed by atoms with Crippen molar-refractivity contribution in [3.63, 3.8) is 0 Å². The molecule has 1 fully saturated rings. The second-order valence-corrected chi connectivity index (χ2v) is 10.6. The van der Waals surface area contributed by atoms with Crippen molar-refractivity contribution in [1.82, 2.24) is 0 Å². The van der Waals surface area contributed by atoms with E-state index >= 15 is 0 Å². The molecule has 1 heterocycles. The number of esters is 2. The van der Waals surface area contributed by atoms with Gasteiger partial charge < -0.3 is 23.8 Å². The predicted octanol–water partition coefficient (Wildman–Crippen LogP) is 6.79. The van der Waals surface area contributed by atoms with Crippen LogP contribution in [0.5, 0.6) is 23.0 Å². The Bertz CT molecular complexity index is 1690. The molecular weight excluding hydrogens is 609 g/mol. The number of hydrogen-bond donors (Lipinski definition) is 0. The standard InChI is InChI=1S/C33H25Cl2NO8/c1-41-24-11-13-26(14-12-24)43-25-9-5-23(6-10-25)36-18-21(16-31(36)38)32(39)42-19-30(37)20-2-7-27(8-3-20)44-33(40)28-15-4-22(34)17-29(28)35/h2-15,17,21H,16,18-19H2,1H3/t21-/m1/s1. The smallest absolute Gasteiger partial charge is 0.345 e. The topological polar surface area (TPSA) is 108 Å². The summed E-state index contributed by atoms with van der Waals surface area (Å²) in [6, 6.07) is 24.3. The summed E-state index contributed by atoms with van der Waals surface area (Å²) in [6.07, 6.45) is -0.0329. The van der Waals surface area contributed by atoms with Crippen molar-refractivity contribution < 1.29 is 38.1 Å². The quantitative estimate of drug-likeness (QED) is 0.107. The maximum Gasteiger partial charge on any atom is 0.345 e. The van der Waals surface area contributed by atoms with Crippen LogP contribution in [0.3, 0.4) is 0 Å². The number of anilines is 1. The minimum atomic E-state index is -0.716. The SMILES string of the molecule is COc1ccc(Oc2ccc(N3C[C@H](C(=O)OCC(=O)c4ccc(OC(=O)c5ccc(Cl)cc5Cl)cc4)CC3=O)cc2)cc1. The molecule has 0 bridgehead atoms. The number of amides is 1. The van der Waals surface area contributed by atoms with Crippen molar-refractivity contribution in [2.24, 2.45) is 5.92 Å². The number of ketones is 1. The highest BCUT2D eigenvalue weighted by atomic mass is 35.5. The van der Waals surface area contributed by atoms with E-state index < -0.39 is 30.2 Å². The Labute approximate surface area is 262 Å². The zero-order valence-electron chi connectivity index (χ0n) is 23.3. The zero-order valence-corrected chi connectivity index (χ0v) is 24.8. The third kappa shape index (κ3) is 7.37. The monoisotopic (exact) mass is 633 g/mol. The van der Waals surface area contributed by atoms with Crippen LogP contribution in [0, 0.1) is 5.92 Å². The first-order chi connectivity index (χ1) is 21.2. The molecule has 0 aromatic heterocycles. The van der Waals surface area contributed by atoms with E-state index in [1.165, 1.54) is 47.4 Å². The van der Waals surface area contributed by atoms with Gasteiger partial charge in [-0.1, -0.05) is 23.2 Å². The van der Waals surface area contributed by atoms with Gasteiger partial charge in [-0.2, -0.15) is 0 Å². The van der Waals surface area contributed by atoms with Gasteiger partial charge in [-0.15, -0.1) is 0 Å². The normalized spacial score (nSPS) is 14.2. The Morgan fingerprint density at radius 1 is 0.818 bits per heavy atom. The van der Waals surface area contributed by atoms with Crippen LogP contribution in [0.4, 0.5) is 5.69 Å². The predicted molar refractivity (Wildman–Crippen MR) is 163 cm³/mol. The molecular formula is C33H25Cl2NO8. The molecule has 1 aliphatic heterocycles. The molecule has 4 aromatic rings. The van der Waals surface area contributed by atoms with Gasteiger partial charge in [0.2, 0.25) is 5.91 Å². The number of halogens is 2. The van der Waals surface area contributed by atoms with Crippen molar-refractivity contribution in [3.05, 3.63) is 112 Å². The summed E-state index contributed by atoms with van der Waals surface area (Å²) in [5, 5.41) is 0.533. The minimum Gasteiger partial charge on any atom is -0.497 e. The van der Waals surface area contributed by atoms with Crippen molar-refractivity contribution in [2.75, 3.05) is 25.2 Å². The molecule has 0 saturated carbocycles. The van der Waals surface area contributed by atoms with E-state index in [1.54, 1.807) is 55.6 Å². The molecule has 224 valence electrons. The molecule has 1 saturated heterocycles. The van der Waals surface area contributed by atoms with Crippen LogP contribution in [0.2, 0.25) is 10.0 Å². The summed E-state index contributed by atoms with van der Waals surface area (Å²) in [6.45, 7) is -0.372. The van der Waals surface area contributed by atoms with Crippen molar-refractivity contribution in [2.45, 2.75) is 6.42 Å². The van der Waals surface area contributed by atoms with Gasteiger partial charge in [-0.3, -0.25) is 14.4 Å². The molecule has 0 unspecified atom stereocenters. The number of methoxy groups -OCH3 is 1. The number of carbonyl (C=O) groups excluding carboxylic acids is 4. The first-order valence-corrected chi connectivity index (χ1v) is 14.1. The molecule has 0 N–H and O–H groups in total. The highest BCUT2D eigenvalue weighted by molar-refractivity contribution is 6.36. The lowest BCUT2D eigenvalue weighted by Gasteiger charge is -2.17. The highest BCUT2D eigenvalue weighted by Gasteiger charge is 2.36. The van der Waals surface area contributed by atoms with E-state index in [0.717, 1.165) is 0 Å². The third-order valence-electron chi connectivity index (χ3n) is 6.79. The Morgan fingerprint density at radius 3 is 2.07 bits per heavy atom. The lowest BCUT2D eigenvalue weighted by Crippen LogP contribution is -2.27. The Kier molecular flexibility index (Phi) is 9.47. The second-order valence-electron chi connectivity index (χ2n) is 9.75. The lowest BCUT2D eigenvalue weighted by molar-refractivity contribution is -0.147. The average molecular weight is 634 g/mol. The number of nitrogens with zero attached hydrogens (tertiary/aromatic N) is 1. The number of Topliss-reactive ketones (excluding diaryl/α,β-unsaturated/α-hetero) is 1. The molecule has 0 spiro atoms. The largest absolute Gasteiger partial charge is 0.497 e. The first-order valence-electron chi connectivity index (χ1n) is 13.4. The van der Waals surface area contributed by atoms with Gasteiger partial charge in [0.1, 0.15) is 23.0 Å². The van der Waals surface area contributed by atoms with Gasteiger partial charge in [0.05, 0.1) is 23.6 Å². The summed E-state index contributed by atoms with van der Waals surface area (Å²) in [5.74, 6) is -0.598. The molecule has 0 radical (unpaired) electrons. The molecule has 1 amide bonds. The number of ether oxygens (including phenoxy) is 4. The summed E-state index contributed by atoms with van der Waals surface area (Å²) < 4.78 is 21.5. The van der Waals surface area contributed by atoms with Crippen LogP contribution >= 0.6 is 23.2 Å². The van der Waals surface area contributed by atoms with E-state index in [0.29, 0.717) is 28.0 Å². The minimum absolute atomic E-state index is 0.0329. The Balaban J connectivity index is 1.10. The van der Waals surface area contributed by atoms with Gasteiger partial charge >= 0.3 is 11.9 Å². The molecule has 5 rings (SSSR count). The van der Waals surface area contributed by atoms with Gasteiger partial charge in [-0.25, -0.2) is 4.79 Å². The average Bonchev–Trinajstić information content (AvgIpc) is 3.42. The Morgan fingerprint density at radius 2 is 1.43 bits per heavy atom. The van der Waals surface area contributed by atoms with Crippen LogP contribution in [-0.2, 0) is 14.3 Å². The van der Waals surface area contributed by atoms with Gasteiger partial charge in [0.25, 0.3) is 0 Å². The molecule has 0 aliphatic carbocycles. The summed E-state index contributed by atoms with van der Waals surface area (Å²) in [5.41, 5.74) is 1.01. The summed E-state index contributed by atoms with van der Waals surface area (Å²) in [7, 11) is 1.59. The van der Waals surface area contributed by atoms with Crippen LogP contribution in [0.15, 0.2) is 91.0 Å². The number of carbonyl (C=O) groups is 4. The van der Waals surface area contributed by atoms with Crippen LogP contribution in [-0.4, -0.2) is 43.9 Å². The fourth-order valence-electron chi connectivity index (χ4n) is 4.45. The molecule has 4 aromatic carbocycles. The Hall–Kier alpha value is -4.86. The van der Waals surface area contributed by atoms with E-state index in [-0.39, 0.29) is 40.8 Å². The van der Waals surface area contributed by atoms with Gasteiger partial charge in [0, 0.05) is 29.2 Å². The van der Waals surface area contributed by atoms with E-state index in [2.05, 4.69) is 0 Å². The number of rotatable bonds is 10. The second kappa shape index (κ2) is 13.6. The fraction of sp³-hybridized carbons (Fsp3) is 0.152. The van der Waals surface area contributed by atoms with Crippen LogP contribution < -0.4 is 19.1 Å². The van der Waals surface area contributed by atoms with Crippen LogP contribution in [0.1, 0.15) is 27.1 Å². The summed E-state index contributed by atoms with van der Waals surface area (Å²) >= 11 is 11.9. The van der Waals surface area contributed by atoms with E-state index in [1.807, 2.05) is 0 Å². The molecule has 1 atom stereocenters. The van der Waals surface area contributed by atoms with Gasteiger partial charge in [-0.05, 0) is 91.0 Å². The lowest BCUT2D eigenvalue weighted by atomic mass is 10.1. The summed E-state index contributed by atoms with van der Waals surface area (Å²) in [4.78, 5) is 51.9. The maximum atomic E-state index is 12.7. The van der Waals surface area contributed by atoms with Gasteiger partial charge in [0.15, 0.2) is 12.4 Å². The van der Waals surface area contributed by atoms with E-state index in [4.69, 9.17) is 42.1 Å². The third-order valence-corrected chi connectivity index (χ3v) is 7.33. The number of benzene rings is 4. The first kappa shape index (κ1) is 30.6. The van der Waals surface area contributed by atoms with Crippen molar-refractivity contribution in [1.29, 1.82) is 0 Å². The van der Waals surface area contributed by atoms with Crippen molar-refractivity contribution >= 4 is 52.5 Å². The molecule has 44 heavy (non-hydrogen) atoms. The molecule has 9 nitrogen and oxygen atoms in total. The molecule has 11 heteroatoms. The highest BCUT2D eigenvalue weighted by Crippen LogP contribution is 2.30. The number of hydrogen-bond acceptors (Lipinski definition) is 8. The van der Waals surface area contributed by atoms with E-state index in [9.17, 15) is 19.2 Å². The molecule has 1 aliphatic rings. The fourth-order valence-corrected chi connectivity index (χ4v) is 4.94. The zero-order chi connectivity index (χ0) is 31.2.